The van der Waals surface area contributed by atoms with E-state index < -0.39 is 42.4 Å². The van der Waals surface area contributed by atoms with Gasteiger partial charge in [0.15, 0.2) is 11.9 Å². The van der Waals surface area contributed by atoms with Gasteiger partial charge in [-0.1, -0.05) is 0 Å². The van der Waals surface area contributed by atoms with E-state index in [-0.39, 0.29) is 25.5 Å². The topological polar surface area (TPSA) is 139 Å². The molecule has 2 aliphatic rings. The quantitative estimate of drug-likeness (QED) is 0.484. The first-order valence-electron chi connectivity index (χ1n) is 9.67. The highest BCUT2D eigenvalue weighted by Gasteiger charge is 2.41. The summed E-state index contributed by atoms with van der Waals surface area (Å²) in [6.45, 7) is 5.18. The van der Waals surface area contributed by atoms with Crippen LogP contribution < -0.4 is 0 Å². The van der Waals surface area contributed by atoms with Crippen LogP contribution in [0, 0.1) is 0 Å². The first kappa shape index (κ1) is 22.4. The van der Waals surface area contributed by atoms with Gasteiger partial charge in [-0.3, -0.25) is 28.6 Å². The zero-order valence-electron chi connectivity index (χ0n) is 17.6. The van der Waals surface area contributed by atoms with E-state index >= 15 is 0 Å². The number of rotatable bonds is 5. The van der Waals surface area contributed by atoms with Crippen molar-refractivity contribution in [2.75, 3.05) is 13.2 Å². The summed E-state index contributed by atoms with van der Waals surface area (Å²) in [5.41, 5.74) is 0.367. The Labute approximate surface area is 178 Å². The van der Waals surface area contributed by atoms with Gasteiger partial charge in [0, 0.05) is 34.1 Å². The number of imidazole rings is 1. The van der Waals surface area contributed by atoms with E-state index in [1.165, 1.54) is 45.3 Å². The third kappa shape index (κ3) is 5.26. The third-order valence-electron chi connectivity index (χ3n) is 4.75. The molecule has 1 aromatic rings. The van der Waals surface area contributed by atoms with Crippen molar-refractivity contribution >= 4 is 36.0 Å². The highest BCUT2D eigenvalue weighted by Crippen LogP contribution is 2.38. The lowest BCUT2D eigenvalue weighted by Gasteiger charge is -2.20. The molecule has 0 radical (unpaired) electrons. The summed E-state index contributed by atoms with van der Waals surface area (Å²) < 4.78 is 23.3. The van der Waals surface area contributed by atoms with Crippen molar-refractivity contribution in [1.29, 1.82) is 0 Å². The van der Waals surface area contributed by atoms with Crippen LogP contribution in [0.3, 0.4) is 0 Å². The minimum absolute atomic E-state index is 0.0686. The number of hydrogen-bond donors (Lipinski definition) is 0. The van der Waals surface area contributed by atoms with E-state index in [2.05, 4.69) is 9.98 Å². The summed E-state index contributed by atoms with van der Waals surface area (Å²) in [4.78, 5) is 56.1. The van der Waals surface area contributed by atoms with Crippen molar-refractivity contribution in [3.63, 3.8) is 0 Å². The second-order valence-corrected chi connectivity index (χ2v) is 7.19. The molecule has 2 aliphatic heterocycles. The minimum atomic E-state index is -0.817. The number of fused-ring (bicyclic) bond motifs is 1. The molecule has 3 rings (SSSR count). The van der Waals surface area contributed by atoms with Gasteiger partial charge >= 0.3 is 17.9 Å². The van der Waals surface area contributed by atoms with Gasteiger partial charge in [0.1, 0.15) is 30.7 Å². The number of nitrogens with zero attached hydrogens (tertiary/aromatic N) is 4. The molecule has 1 saturated heterocycles. The predicted molar refractivity (Wildman–Crippen MR) is 103 cm³/mol. The highest BCUT2D eigenvalue weighted by molar-refractivity contribution is 5.87. The molecular weight excluding hydrogens is 412 g/mol. The molecule has 1 aromatic heterocycles. The minimum Gasteiger partial charge on any atom is -0.463 e. The number of carbonyl (C=O) groups excluding carboxylic acids is 4. The average molecular weight is 436 g/mol. The first-order valence-corrected chi connectivity index (χ1v) is 9.67. The lowest BCUT2D eigenvalue weighted by atomic mass is 10.2. The first-order chi connectivity index (χ1) is 14.7. The van der Waals surface area contributed by atoms with Crippen molar-refractivity contribution in [1.82, 2.24) is 14.5 Å². The van der Waals surface area contributed by atoms with Crippen LogP contribution in [0.1, 0.15) is 52.1 Å². The molecule has 12 nitrogen and oxygen atoms in total. The highest BCUT2D eigenvalue weighted by atomic mass is 16.6. The summed E-state index contributed by atoms with van der Waals surface area (Å²) in [5.74, 6) is -1.43. The molecule has 0 saturated carbocycles. The molecule has 0 aliphatic carbocycles. The fourth-order valence-electron chi connectivity index (χ4n) is 3.44. The molecule has 31 heavy (non-hydrogen) atoms. The van der Waals surface area contributed by atoms with Gasteiger partial charge in [-0.2, -0.15) is 0 Å². The van der Waals surface area contributed by atoms with Crippen LogP contribution in [-0.2, 0) is 38.1 Å². The summed E-state index contributed by atoms with van der Waals surface area (Å²) in [7, 11) is 0. The van der Waals surface area contributed by atoms with Crippen LogP contribution in [0.2, 0.25) is 0 Å². The Kier molecular flexibility index (Phi) is 6.68. The lowest BCUT2D eigenvalue weighted by Crippen LogP contribution is -2.32. The Morgan fingerprint density at radius 3 is 2.42 bits per heavy atom. The van der Waals surface area contributed by atoms with Crippen molar-refractivity contribution in [2.45, 2.75) is 58.7 Å². The van der Waals surface area contributed by atoms with Gasteiger partial charge in [0.2, 0.25) is 5.91 Å². The molecule has 3 heterocycles. The Balaban J connectivity index is 1.90. The molecule has 0 aromatic carbocycles. The van der Waals surface area contributed by atoms with Gasteiger partial charge < -0.3 is 18.9 Å². The van der Waals surface area contributed by atoms with Crippen LogP contribution in [0.25, 0.3) is 0 Å². The van der Waals surface area contributed by atoms with Gasteiger partial charge in [-0.15, -0.1) is 0 Å². The van der Waals surface area contributed by atoms with E-state index in [9.17, 15) is 19.2 Å². The Morgan fingerprint density at radius 2 is 1.81 bits per heavy atom. The maximum atomic E-state index is 11.9. The fourth-order valence-corrected chi connectivity index (χ4v) is 3.44. The maximum Gasteiger partial charge on any atom is 0.303 e. The summed E-state index contributed by atoms with van der Waals surface area (Å²) in [6.07, 6.45) is 0.306. The van der Waals surface area contributed by atoms with Crippen LogP contribution in [0.5, 0.6) is 0 Å². The molecule has 168 valence electrons. The standard InChI is InChI=1S/C19H24N4O8/c1-10(24)22-6-15(30-13(4)27)18-19(21-8-22)23(9-20-18)17-5-14(29-12(3)26)16(31-17)7-28-11(2)25/h8-9,14-17H,5-7H2,1-4H3/t14-,15+,16+,17+/m0/s1. The molecule has 4 atom stereocenters. The van der Waals surface area contributed by atoms with Crippen LogP contribution in [0.4, 0.5) is 5.82 Å². The monoisotopic (exact) mass is 436 g/mol. The van der Waals surface area contributed by atoms with E-state index in [4.69, 9.17) is 18.9 Å². The van der Waals surface area contributed by atoms with E-state index in [0.29, 0.717) is 11.5 Å². The lowest BCUT2D eigenvalue weighted by molar-refractivity contribution is -0.155. The summed E-state index contributed by atoms with van der Waals surface area (Å²) in [5, 5.41) is 0. The van der Waals surface area contributed by atoms with Crippen LogP contribution >= 0.6 is 0 Å². The van der Waals surface area contributed by atoms with Crippen LogP contribution in [-0.4, -0.2) is 70.0 Å². The number of ether oxygens (including phenoxy) is 4. The van der Waals surface area contributed by atoms with E-state index in [0.717, 1.165) is 0 Å². The molecule has 1 amide bonds. The van der Waals surface area contributed by atoms with Gasteiger partial charge in [0.25, 0.3) is 0 Å². The fraction of sp³-hybridized carbons (Fsp3) is 0.579. The Bertz CT molecular complexity index is 911. The van der Waals surface area contributed by atoms with Crippen molar-refractivity contribution in [2.24, 2.45) is 4.99 Å². The van der Waals surface area contributed by atoms with Gasteiger partial charge in [-0.05, 0) is 0 Å². The zero-order valence-corrected chi connectivity index (χ0v) is 17.6. The van der Waals surface area contributed by atoms with Crippen LogP contribution in [0.15, 0.2) is 11.3 Å². The SMILES string of the molecule is CC(=O)OC[C@H]1O[C@@H](n2cnc3c2N=CN(C(C)=O)C[C@H]3OC(C)=O)C[C@@H]1OC(C)=O. The molecule has 0 N–H and O–H groups in total. The molecular formula is C19H24N4O8. The van der Waals surface area contributed by atoms with Crippen molar-refractivity contribution in [3.05, 3.63) is 12.0 Å². The van der Waals surface area contributed by atoms with Crippen molar-refractivity contribution < 1.29 is 38.1 Å². The number of aliphatic imine (C=N–C) groups is 1. The molecule has 12 heteroatoms. The Morgan fingerprint density at radius 1 is 1.10 bits per heavy atom. The summed E-state index contributed by atoms with van der Waals surface area (Å²) in [6, 6.07) is 0. The largest absolute Gasteiger partial charge is 0.463 e. The third-order valence-corrected chi connectivity index (χ3v) is 4.75. The predicted octanol–water partition coefficient (Wildman–Crippen LogP) is 0.791. The van der Waals surface area contributed by atoms with E-state index in [1.54, 1.807) is 4.57 Å². The number of amides is 1. The number of aromatic nitrogens is 2. The molecule has 0 spiro atoms. The zero-order chi connectivity index (χ0) is 22.7. The summed E-state index contributed by atoms with van der Waals surface area (Å²) >= 11 is 0. The average Bonchev–Trinajstić information content (AvgIpc) is 3.20. The van der Waals surface area contributed by atoms with Gasteiger partial charge in [-0.25, -0.2) is 9.98 Å². The van der Waals surface area contributed by atoms with E-state index in [1.807, 2.05) is 0 Å². The molecule has 1 fully saturated rings. The van der Waals surface area contributed by atoms with Crippen molar-refractivity contribution in [3.8, 4) is 0 Å². The number of esters is 3. The van der Waals surface area contributed by atoms with Gasteiger partial charge in [0.05, 0.1) is 19.2 Å². The second kappa shape index (κ2) is 9.25. The maximum absolute atomic E-state index is 11.9. The smallest absolute Gasteiger partial charge is 0.303 e. The second-order valence-electron chi connectivity index (χ2n) is 7.19. The number of carbonyl (C=O) groups is 4. The Hall–Kier alpha value is -3.28. The molecule has 0 bridgehead atoms. The normalized spacial score (nSPS) is 24.8. The molecule has 0 unspecified atom stereocenters. The number of hydrogen-bond acceptors (Lipinski definition) is 10.